The van der Waals surface area contributed by atoms with Crippen molar-refractivity contribution in [2.24, 2.45) is 0 Å². The fraction of sp³-hybridized carbons (Fsp3) is 0.333. The van der Waals surface area contributed by atoms with Gasteiger partial charge in [0.15, 0.2) is 11.6 Å². The Balaban J connectivity index is 2.58. The third-order valence-electron chi connectivity index (χ3n) is 2.46. The third kappa shape index (κ3) is 2.07. The van der Waals surface area contributed by atoms with E-state index in [2.05, 4.69) is 23.8 Å². The molecule has 2 rings (SSSR count). The van der Waals surface area contributed by atoms with Gasteiger partial charge >= 0.3 is 0 Å². The summed E-state index contributed by atoms with van der Waals surface area (Å²) in [7, 11) is 0. The smallest absolute Gasteiger partial charge is 0.175 e. The minimum Gasteiger partial charge on any atom is -0.461 e. The molecule has 0 aliphatic heterocycles. The molecule has 0 unspecified atom stereocenters. The first-order chi connectivity index (χ1) is 7.58. The highest BCUT2D eigenvalue weighted by Crippen LogP contribution is 2.22. The fourth-order valence-electron chi connectivity index (χ4n) is 1.51. The van der Waals surface area contributed by atoms with Gasteiger partial charge in [0.25, 0.3) is 0 Å². The summed E-state index contributed by atoms with van der Waals surface area (Å²) in [6, 6.07) is 3.80. The lowest BCUT2D eigenvalue weighted by Crippen LogP contribution is -1.97. The summed E-state index contributed by atoms with van der Waals surface area (Å²) in [5.74, 6) is 1.85. The molecule has 0 aromatic carbocycles. The molecule has 0 saturated heterocycles. The summed E-state index contributed by atoms with van der Waals surface area (Å²) < 4.78 is 5.99. The van der Waals surface area contributed by atoms with Crippen LogP contribution in [0.25, 0.3) is 11.6 Å². The molecule has 0 fully saturated rings. The Kier molecular flexibility index (Phi) is 2.92. The Morgan fingerprint density at radius 3 is 2.75 bits per heavy atom. The maximum absolute atomic E-state index is 5.40. The molecule has 2 aromatic rings. The Labute approximate surface area is 99.5 Å². The zero-order valence-electron chi connectivity index (χ0n) is 9.57. The van der Waals surface area contributed by atoms with Gasteiger partial charge in [0, 0.05) is 5.69 Å². The van der Waals surface area contributed by atoms with E-state index < -0.39 is 0 Å². The standard InChI is InChI=1S/C12H14N2OS/c1-7(2)9-6-10(16)14-12(13-9)11-8(3)4-5-15-11/h4-7H,1-3H3,(H,13,14,16). The van der Waals surface area contributed by atoms with Crippen LogP contribution in [0, 0.1) is 11.6 Å². The van der Waals surface area contributed by atoms with E-state index in [0.29, 0.717) is 16.4 Å². The van der Waals surface area contributed by atoms with Crippen molar-refractivity contribution >= 4 is 12.2 Å². The molecular formula is C12H14N2OS. The second-order valence-corrected chi connectivity index (χ2v) is 4.53. The molecule has 0 saturated carbocycles. The molecule has 0 aliphatic rings. The second kappa shape index (κ2) is 4.22. The Hall–Kier alpha value is -1.42. The Bertz CT molecular complexity index is 554. The summed E-state index contributed by atoms with van der Waals surface area (Å²) in [5, 5.41) is 0. The number of H-pyrrole nitrogens is 1. The van der Waals surface area contributed by atoms with Crippen LogP contribution in [0.1, 0.15) is 31.0 Å². The van der Waals surface area contributed by atoms with Gasteiger partial charge in [-0.2, -0.15) is 0 Å². The lowest BCUT2D eigenvalue weighted by atomic mass is 10.1. The van der Waals surface area contributed by atoms with E-state index in [1.54, 1.807) is 6.26 Å². The molecule has 4 heteroatoms. The summed E-state index contributed by atoms with van der Waals surface area (Å²) in [6.45, 7) is 6.21. The van der Waals surface area contributed by atoms with Crippen molar-refractivity contribution in [3.05, 3.63) is 34.3 Å². The molecular weight excluding hydrogens is 220 g/mol. The molecule has 0 radical (unpaired) electrons. The largest absolute Gasteiger partial charge is 0.461 e. The van der Waals surface area contributed by atoms with Crippen LogP contribution in [0.2, 0.25) is 0 Å². The molecule has 0 spiro atoms. The van der Waals surface area contributed by atoms with E-state index in [9.17, 15) is 0 Å². The minimum absolute atomic E-state index is 0.388. The first kappa shape index (κ1) is 11.1. The number of rotatable bonds is 2. The molecule has 0 amide bonds. The summed E-state index contributed by atoms with van der Waals surface area (Å²) >= 11 is 5.15. The first-order valence-corrected chi connectivity index (χ1v) is 5.64. The van der Waals surface area contributed by atoms with Crippen LogP contribution in [0.15, 0.2) is 22.8 Å². The highest BCUT2D eigenvalue weighted by Gasteiger charge is 2.10. The molecule has 0 bridgehead atoms. The van der Waals surface area contributed by atoms with Crippen LogP contribution in [-0.4, -0.2) is 9.97 Å². The third-order valence-corrected chi connectivity index (χ3v) is 2.67. The van der Waals surface area contributed by atoms with Crippen LogP contribution in [-0.2, 0) is 0 Å². The van der Waals surface area contributed by atoms with E-state index in [4.69, 9.17) is 16.6 Å². The lowest BCUT2D eigenvalue weighted by Gasteiger charge is -2.07. The molecule has 3 nitrogen and oxygen atoms in total. The number of aromatic amines is 1. The summed E-state index contributed by atoms with van der Waals surface area (Å²) in [4.78, 5) is 7.54. The van der Waals surface area contributed by atoms with Crippen molar-refractivity contribution in [2.45, 2.75) is 26.7 Å². The van der Waals surface area contributed by atoms with Gasteiger partial charge in [-0.05, 0) is 30.5 Å². The van der Waals surface area contributed by atoms with Crippen LogP contribution in [0.3, 0.4) is 0 Å². The Morgan fingerprint density at radius 2 is 2.19 bits per heavy atom. The van der Waals surface area contributed by atoms with Crippen molar-refractivity contribution in [3.8, 4) is 11.6 Å². The van der Waals surface area contributed by atoms with Gasteiger partial charge in [-0.1, -0.05) is 26.1 Å². The van der Waals surface area contributed by atoms with Gasteiger partial charge < -0.3 is 9.40 Å². The summed E-state index contributed by atoms with van der Waals surface area (Å²) in [6.07, 6.45) is 1.66. The van der Waals surface area contributed by atoms with E-state index in [0.717, 1.165) is 17.0 Å². The number of aryl methyl sites for hydroxylation is 1. The lowest BCUT2D eigenvalue weighted by molar-refractivity contribution is 0.574. The van der Waals surface area contributed by atoms with Gasteiger partial charge in [0.2, 0.25) is 0 Å². The fourth-order valence-corrected chi connectivity index (χ4v) is 1.73. The van der Waals surface area contributed by atoms with Crippen molar-refractivity contribution in [3.63, 3.8) is 0 Å². The predicted molar refractivity (Wildman–Crippen MR) is 65.9 cm³/mol. The maximum Gasteiger partial charge on any atom is 0.175 e. The number of nitrogens with zero attached hydrogens (tertiary/aromatic N) is 1. The van der Waals surface area contributed by atoms with Gasteiger partial charge in [-0.3, -0.25) is 0 Å². The van der Waals surface area contributed by atoms with Gasteiger partial charge in [-0.15, -0.1) is 0 Å². The number of furan rings is 1. The quantitative estimate of drug-likeness (QED) is 0.803. The van der Waals surface area contributed by atoms with Crippen LogP contribution in [0.4, 0.5) is 0 Å². The molecule has 1 N–H and O–H groups in total. The molecule has 84 valence electrons. The highest BCUT2D eigenvalue weighted by atomic mass is 32.1. The van der Waals surface area contributed by atoms with E-state index >= 15 is 0 Å². The maximum atomic E-state index is 5.40. The minimum atomic E-state index is 0.388. The summed E-state index contributed by atoms with van der Waals surface area (Å²) in [5.41, 5.74) is 2.13. The second-order valence-electron chi connectivity index (χ2n) is 4.11. The SMILES string of the molecule is Cc1ccoc1-c1nc(=S)cc(C(C)C)[nH]1. The van der Waals surface area contributed by atoms with E-state index in [1.807, 2.05) is 19.1 Å². The van der Waals surface area contributed by atoms with Gasteiger partial charge in [0.1, 0.15) is 4.64 Å². The van der Waals surface area contributed by atoms with Crippen LogP contribution >= 0.6 is 12.2 Å². The molecule has 16 heavy (non-hydrogen) atoms. The Morgan fingerprint density at radius 1 is 1.44 bits per heavy atom. The zero-order valence-corrected chi connectivity index (χ0v) is 10.4. The number of nitrogens with one attached hydrogen (secondary N) is 1. The molecule has 0 atom stereocenters. The average molecular weight is 234 g/mol. The topological polar surface area (TPSA) is 41.8 Å². The number of aromatic nitrogens is 2. The van der Waals surface area contributed by atoms with Gasteiger partial charge in [0.05, 0.1) is 6.26 Å². The van der Waals surface area contributed by atoms with Crippen molar-refractivity contribution in [1.29, 1.82) is 0 Å². The average Bonchev–Trinajstić information content (AvgIpc) is 2.63. The zero-order chi connectivity index (χ0) is 11.7. The monoisotopic (exact) mass is 234 g/mol. The normalized spacial score (nSPS) is 11.0. The van der Waals surface area contributed by atoms with Crippen molar-refractivity contribution in [1.82, 2.24) is 9.97 Å². The van der Waals surface area contributed by atoms with Crippen LogP contribution < -0.4 is 0 Å². The molecule has 2 aromatic heterocycles. The predicted octanol–water partition coefficient (Wildman–Crippen LogP) is 3.83. The van der Waals surface area contributed by atoms with Gasteiger partial charge in [-0.25, -0.2) is 4.98 Å². The number of hydrogen-bond acceptors (Lipinski definition) is 3. The molecule has 0 aliphatic carbocycles. The van der Waals surface area contributed by atoms with E-state index in [1.165, 1.54) is 0 Å². The van der Waals surface area contributed by atoms with Crippen LogP contribution in [0.5, 0.6) is 0 Å². The van der Waals surface area contributed by atoms with Crippen molar-refractivity contribution in [2.75, 3.05) is 0 Å². The first-order valence-electron chi connectivity index (χ1n) is 5.23. The molecule has 2 heterocycles. The van der Waals surface area contributed by atoms with E-state index in [-0.39, 0.29) is 0 Å². The number of hydrogen-bond donors (Lipinski definition) is 1. The highest BCUT2D eigenvalue weighted by molar-refractivity contribution is 7.71. The van der Waals surface area contributed by atoms with Crippen molar-refractivity contribution < 1.29 is 4.42 Å².